The van der Waals surface area contributed by atoms with Crippen molar-refractivity contribution in [2.75, 3.05) is 20.1 Å². The molecule has 0 amide bonds. The Morgan fingerprint density at radius 2 is 2.07 bits per heavy atom. The third kappa shape index (κ3) is 2.30. The van der Waals surface area contributed by atoms with Crippen molar-refractivity contribution in [2.45, 2.75) is 6.10 Å². The Morgan fingerprint density at radius 1 is 1.36 bits per heavy atom. The molecule has 1 atom stereocenters. The summed E-state index contributed by atoms with van der Waals surface area (Å²) in [7, 11) is 3.12. The first-order chi connectivity index (χ1) is 6.72. The van der Waals surface area contributed by atoms with Crippen LogP contribution in [0.4, 0.5) is 0 Å². The summed E-state index contributed by atoms with van der Waals surface area (Å²) in [6.45, 7) is 0. The van der Waals surface area contributed by atoms with Gasteiger partial charge in [-0.1, -0.05) is 0 Å². The maximum Gasteiger partial charge on any atom is 0.124 e. The molecule has 4 heteroatoms. The molecule has 1 aromatic rings. The molecule has 0 spiro atoms. The molecule has 0 saturated heterocycles. The van der Waals surface area contributed by atoms with Crippen LogP contribution < -0.4 is 9.47 Å². The van der Waals surface area contributed by atoms with Crippen LogP contribution in [-0.2, 0) is 0 Å². The van der Waals surface area contributed by atoms with Crippen molar-refractivity contribution in [2.24, 2.45) is 0 Å². The molecule has 14 heavy (non-hydrogen) atoms. The van der Waals surface area contributed by atoms with Gasteiger partial charge in [0.1, 0.15) is 11.5 Å². The van der Waals surface area contributed by atoms with E-state index in [2.05, 4.69) is 0 Å². The first kappa shape index (κ1) is 11.1. The Bertz CT molecular complexity index is 301. The summed E-state index contributed by atoms with van der Waals surface area (Å²) < 4.78 is 10.1. The van der Waals surface area contributed by atoms with E-state index in [1.54, 1.807) is 32.4 Å². The highest BCUT2D eigenvalue weighted by Gasteiger charge is 2.12. The number of rotatable bonds is 4. The number of halogens is 1. The zero-order valence-corrected chi connectivity index (χ0v) is 8.91. The molecular weight excluding hydrogens is 204 g/mol. The van der Waals surface area contributed by atoms with Crippen molar-refractivity contribution in [3.63, 3.8) is 0 Å². The maximum atomic E-state index is 9.59. The van der Waals surface area contributed by atoms with Crippen LogP contribution in [0.2, 0.25) is 0 Å². The highest BCUT2D eigenvalue weighted by atomic mass is 35.5. The van der Waals surface area contributed by atoms with E-state index in [9.17, 15) is 5.11 Å². The average molecular weight is 217 g/mol. The van der Waals surface area contributed by atoms with Crippen LogP contribution in [0.25, 0.3) is 0 Å². The lowest BCUT2D eigenvalue weighted by molar-refractivity contribution is 0.197. The quantitative estimate of drug-likeness (QED) is 0.783. The average Bonchev–Trinajstić information content (AvgIpc) is 2.27. The van der Waals surface area contributed by atoms with Crippen molar-refractivity contribution >= 4 is 11.6 Å². The van der Waals surface area contributed by atoms with E-state index in [0.717, 1.165) is 0 Å². The van der Waals surface area contributed by atoms with E-state index < -0.39 is 6.10 Å². The fourth-order valence-electron chi connectivity index (χ4n) is 1.18. The fraction of sp³-hybridized carbons (Fsp3) is 0.400. The lowest BCUT2D eigenvalue weighted by Crippen LogP contribution is -2.02. The summed E-state index contributed by atoms with van der Waals surface area (Å²) in [6, 6.07) is 5.22. The number of aliphatic hydroxyl groups excluding tert-OH is 1. The predicted octanol–water partition coefficient (Wildman–Crippen LogP) is 1.98. The molecule has 78 valence electrons. The molecule has 1 aromatic carbocycles. The van der Waals surface area contributed by atoms with Gasteiger partial charge in [-0.05, 0) is 18.2 Å². The molecule has 0 aliphatic carbocycles. The van der Waals surface area contributed by atoms with Crippen molar-refractivity contribution in [1.29, 1.82) is 0 Å². The summed E-state index contributed by atoms with van der Waals surface area (Å²) in [5.41, 5.74) is 0.641. The van der Waals surface area contributed by atoms with Gasteiger partial charge in [0.25, 0.3) is 0 Å². The zero-order chi connectivity index (χ0) is 10.6. The number of hydrogen-bond acceptors (Lipinski definition) is 3. The summed E-state index contributed by atoms with van der Waals surface area (Å²) in [6.07, 6.45) is -0.735. The Labute approximate surface area is 88.2 Å². The SMILES string of the molecule is COc1ccc(OC)c([C@@H](O)CCl)c1. The number of methoxy groups -OCH3 is 2. The number of alkyl halides is 1. The molecular formula is C10H13ClO3. The Morgan fingerprint density at radius 3 is 2.57 bits per heavy atom. The molecule has 0 fully saturated rings. The molecule has 0 bridgehead atoms. The minimum atomic E-state index is -0.735. The highest BCUT2D eigenvalue weighted by Crippen LogP contribution is 2.29. The second-order valence-corrected chi connectivity index (χ2v) is 3.09. The number of ether oxygens (including phenoxy) is 2. The Kier molecular flexibility index (Phi) is 4.04. The molecule has 3 nitrogen and oxygen atoms in total. The van der Waals surface area contributed by atoms with Gasteiger partial charge in [0.2, 0.25) is 0 Å². The van der Waals surface area contributed by atoms with Crippen molar-refractivity contribution in [1.82, 2.24) is 0 Å². The molecule has 0 aliphatic rings. The molecule has 0 unspecified atom stereocenters. The van der Waals surface area contributed by atoms with E-state index in [-0.39, 0.29) is 5.88 Å². The lowest BCUT2D eigenvalue weighted by atomic mass is 10.1. The van der Waals surface area contributed by atoms with E-state index in [4.69, 9.17) is 21.1 Å². The van der Waals surface area contributed by atoms with Gasteiger partial charge in [0.05, 0.1) is 26.2 Å². The summed E-state index contributed by atoms with van der Waals surface area (Å²) >= 11 is 5.56. The molecule has 0 saturated carbocycles. The summed E-state index contributed by atoms with van der Waals surface area (Å²) in [5.74, 6) is 1.41. The van der Waals surface area contributed by atoms with Crippen molar-refractivity contribution in [3.8, 4) is 11.5 Å². The normalized spacial score (nSPS) is 12.3. The van der Waals surface area contributed by atoms with Gasteiger partial charge in [0, 0.05) is 5.56 Å². The molecule has 0 aliphatic heterocycles. The van der Waals surface area contributed by atoms with Crippen LogP contribution in [0.1, 0.15) is 11.7 Å². The summed E-state index contributed by atoms with van der Waals surface area (Å²) in [5, 5.41) is 9.59. The van der Waals surface area contributed by atoms with Crippen LogP contribution in [-0.4, -0.2) is 25.2 Å². The lowest BCUT2D eigenvalue weighted by Gasteiger charge is -2.13. The van der Waals surface area contributed by atoms with Gasteiger partial charge >= 0.3 is 0 Å². The Balaban J connectivity index is 3.08. The van der Waals surface area contributed by atoms with Gasteiger partial charge < -0.3 is 14.6 Å². The van der Waals surface area contributed by atoms with E-state index in [0.29, 0.717) is 17.1 Å². The van der Waals surface area contributed by atoms with Gasteiger partial charge in [-0.15, -0.1) is 11.6 Å². The number of hydrogen-bond donors (Lipinski definition) is 1. The second kappa shape index (κ2) is 5.08. The third-order valence-corrected chi connectivity index (χ3v) is 2.23. The monoisotopic (exact) mass is 216 g/mol. The van der Waals surface area contributed by atoms with Crippen LogP contribution in [0.3, 0.4) is 0 Å². The molecule has 0 radical (unpaired) electrons. The van der Waals surface area contributed by atoms with Crippen molar-refractivity contribution < 1.29 is 14.6 Å². The number of benzene rings is 1. The van der Waals surface area contributed by atoms with Crippen molar-refractivity contribution in [3.05, 3.63) is 23.8 Å². The fourth-order valence-corrected chi connectivity index (χ4v) is 1.35. The van der Waals surface area contributed by atoms with Gasteiger partial charge in [-0.25, -0.2) is 0 Å². The molecule has 1 rings (SSSR count). The Hall–Kier alpha value is -0.930. The third-order valence-electron chi connectivity index (χ3n) is 1.94. The van der Waals surface area contributed by atoms with Crippen LogP contribution in [0.5, 0.6) is 11.5 Å². The minimum absolute atomic E-state index is 0.128. The first-order valence-corrected chi connectivity index (χ1v) is 4.72. The smallest absolute Gasteiger partial charge is 0.124 e. The van der Waals surface area contributed by atoms with E-state index >= 15 is 0 Å². The first-order valence-electron chi connectivity index (χ1n) is 4.19. The predicted molar refractivity (Wildman–Crippen MR) is 55.2 cm³/mol. The molecule has 0 aromatic heterocycles. The van der Waals surface area contributed by atoms with Gasteiger partial charge in [-0.2, -0.15) is 0 Å². The highest BCUT2D eigenvalue weighted by molar-refractivity contribution is 6.18. The van der Waals surface area contributed by atoms with E-state index in [1.165, 1.54) is 0 Å². The standard InChI is InChI=1S/C10H13ClO3/c1-13-7-3-4-10(14-2)8(5-7)9(12)6-11/h3-5,9,12H,6H2,1-2H3/t9-/m0/s1. The van der Waals surface area contributed by atoms with Crippen LogP contribution in [0, 0.1) is 0 Å². The van der Waals surface area contributed by atoms with Crippen LogP contribution in [0.15, 0.2) is 18.2 Å². The molecule has 1 N–H and O–H groups in total. The minimum Gasteiger partial charge on any atom is -0.497 e. The second-order valence-electron chi connectivity index (χ2n) is 2.78. The molecule has 0 heterocycles. The van der Waals surface area contributed by atoms with Gasteiger partial charge in [-0.3, -0.25) is 0 Å². The topological polar surface area (TPSA) is 38.7 Å². The van der Waals surface area contributed by atoms with Gasteiger partial charge in [0.15, 0.2) is 0 Å². The van der Waals surface area contributed by atoms with Crippen LogP contribution >= 0.6 is 11.6 Å². The summed E-state index contributed by atoms with van der Waals surface area (Å²) in [4.78, 5) is 0. The zero-order valence-electron chi connectivity index (χ0n) is 8.16. The largest absolute Gasteiger partial charge is 0.497 e. The number of aliphatic hydroxyl groups is 1. The maximum absolute atomic E-state index is 9.59. The van der Waals surface area contributed by atoms with E-state index in [1.807, 2.05) is 0 Å².